The van der Waals surface area contributed by atoms with Crippen molar-refractivity contribution >= 4 is 34.0 Å². The summed E-state index contributed by atoms with van der Waals surface area (Å²) in [6, 6.07) is 6.34. The highest BCUT2D eigenvalue weighted by Gasteiger charge is 2.12. The third kappa shape index (κ3) is 6.74. The van der Waals surface area contributed by atoms with E-state index >= 15 is 0 Å². The Morgan fingerprint density at radius 1 is 1.35 bits per heavy atom. The van der Waals surface area contributed by atoms with Crippen LogP contribution in [0.4, 0.5) is 5.69 Å². The first kappa shape index (κ1) is 18.7. The van der Waals surface area contributed by atoms with Gasteiger partial charge in [-0.3, -0.25) is 4.79 Å². The number of nitrogen functional groups attached to an aromatic ring is 1. The number of anilines is 1. The predicted molar refractivity (Wildman–Crippen MR) is 82.5 cm³/mol. The van der Waals surface area contributed by atoms with E-state index in [1.165, 1.54) is 6.07 Å². The summed E-state index contributed by atoms with van der Waals surface area (Å²) in [4.78, 5) is 11.7. The zero-order valence-corrected chi connectivity index (χ0v) is 13.1. The number of hydrogen-bond donors (Lipinski definition) is 3. The monoisotopic (exact) mass is 321 g/mol. The van der Waals surface area contributed by atoms with E-state index < -0.39 is 10.0 Å². The molecule has 1 aromatic carbocycles. The lowest BCUT2D eigenvalue weighted by Gasteiger charge is -2.10. The molecule has 0 aromatic heterocycles. The first-order chi connectivity index (χ1) is 8.80. The van der Waals surface area contributed by atoms with Crippen molar-refractivity contribution < 1.29 is 13.2 Å². The van der Waals surface area contributed by atoms with Crippen LogP contribution in [-0.2, 0) is 10.0 Å². The minimum absolute atomic E-state index is 0. The molecular formula is C12H20ClN3O3S. The highest BCUT2D eigenvalue weighted by atomic mass is 35.5. The van der Waals surface area contributed by atoms with Crippen LogP contribution in [0.25, 0.3) is 0 Å². The molecule has 0 heterocycles. The van der Waals surface area contributed by atoms with Crippen LogP contribution in [0.3, 0.4) is 0 Å². The fourth-order valence-corrected chi connectivity index (χ4v) is 2.71. The number of carbonyl (C=O) groups is 1. The molecule has 0 aliphatic heterocycles. The van der Waals surface area contributed by atoms with E-state index in [9.17, 15) is 13.2 Å². The summed E-state index contributed by atoms with van der Waals surface area (Å²) in [5.74, 6) is -0.494. The number of rotatable bonds is 6. The average molecular weight is 322 g/mol. The summed E-state index contributed by atoms with van der Waals surface area (Å²) >= 11 is 0. The number of nitrogens with two attached hydrogens (primary N) is 1. The van der Waals surface area contributed by atoms with Crippen molar-refractivity contribution in [2.75, 3.05) is 18.0 Å². The number of carbonyl (C=O) groups excluding carboxylic acids is 1. The predicted octanol–water partition coefficient (Wildman–Crippen LogP) is 0.748. The van der Waals surface area contributed by atoms with Crippen LogP contribution >= 0.6 is 12.4 Å². The summed E-state index contributed by atoms with van der Waals surface area (Å²) in [7, 11) is -3.36. The lowest BCUT2D eigenvalue weighted by atomic mass is 10.2. The van der Waals surface area contributed by atoms with Gasteiger partial charge in [-0.15, -0.1) is 12.4 Å². The molecular weight excluding hydrogens is 302 g/mol. The van der Waals surface area contributed by atoms with E-state index in [0.29, 0.717) is 11.3 Å². The van der Waals surface area contributed by atoms with Gasteiger partial charge in [-0.1, -0.05) is 6.07 Å². The Hall–Kier alpha value is -1.31. The highest BCUT2D eigenvalue weighted by molar-refractivity contribution is 7.89. The molecule has 0 aliphatic carbocycles. The van der Waals surface area contributed by atoms with Gasteiger partial charge in [0.25, 0.3) is 5.91 Å². The Balaban J connectivity index is 0.00000361. The molecule has 0 fully saturated rings. The van der Waals surface area contributed by atoms with Crippen LogP contribution in [0.2, 0.25) is 0 Å². The van der Waals surface area contributed by atoms with E-state index in [1.54, 1.807) is 32.0 Å². The molecule has 1 rings (SSSR count). The van der Waals surface area contributed by atoms with E-state index in [0.717, 1.165) is 0 Å². The summed E-state index contributed by atoms with van der Waals surface area (Å²) < 4.78 is 25.5. The fourth-order valence-electron chi connectivity index (χ4n) is 1.50. The molecule has 1 aromatic rings. The van der Waals surface area contributed by atoms with Gasteiger partial charge >= 0.3 is 0 Å². The SMILES string of the molecule is CC(C)NS(=O)(=O)CCNC(=O)c1cccc(N)c1.Cl. The molecule has 0 saturated heterocycles. The van der Waals surface area contributed by atoms with Crippen LogP contribution in [0.5, 0.6) is 0 Å². The maximum absolute atomic E-state index is 11.7. The largest absolute Gasteiger partial charge is 0.399 e. The number of halogens is 1. The summed E-state index contributed by atoms with van der Waals surface area (Å²) in [5, 5.41) is 2.54. The maximum Gasteiger partial charge on any atom is 0.251 e. The van der Waals surface area contributed by atoms with Crippen molar-refractivity contribution in [3.05, 3.63) is 29.8 Å². The van der Waals surface area contributed by atoms with E-state index in [-0.39, 0.29) is 36.7 Å². The standard InChI is InChI=1S/C12H19N3O3S.ClH/c1-9(2)15-19(17,18)7-6-14-12(16)10-4-3-5-11(13)8-10;/h3-5,8-9,15H,6-7,13H2,1-2H3,(H,14,16);1H. The van der Waals surface area contributed by atoms with Crippen molar-refractivity contribution in [1.29, 1.82) is 0 Å². The van der Waals surface area contributed by atoms with Crippen LogP contribution in [0, 0.1) is 0 Å². The van der Waals surface area contributed by atoms with Gasteiger partial charge in [0.15, 0.2) is 0 Å². The lowest BCUT2D eigenvalue weighted by molar-refractivity contribution is 0.0956. The van der Waals surface area contributed by atoms with Crippen molar-refractivity contribution in [1.82, 2.24) is 10.0 Å². The number of nitrogens with one attached hydrogen (secondary N) is 2. The summed E-state index contributed by atoms with van der Waals surface area (Å²) in [6.45, 7) is 3.53. The molecule has 0 aliphatic rings. The average Bonchev–Trinajstić information content (AvgIpc) is 2.26. The third-order valence-corrected chi connectivity index (χ3v) is 3.79. The van der Waals surface area contributed by atoms with Crippen molar-refractivity contribution in [3.8, 4) is 0 Å². The molecule has 0 atom stereocenters. The molecule has 0 spiro atoms. The highest BCUT2D eigenvalue weighted by Crippen LogP contribution is 2.05. The van der Waals surface area contributed by atoms with Crippen molar-refractivity contribution in [2.45, 2.75) is 19.9 Å². The zero-order valence-electron chi connectivity index (χ0n) is 11.4. The summed E-state index contributed by atoms with van der Waals surface area (Å²) in [6.07, 6.45) is 0. The van der Waals surface area contributed by atoms with Gasteiger partial charge in [0, 0.05) is 23.8 Å². The van der Waals surface area contributed by atoms with Crippen molar-refractivity contribution in [3.63, 3.8) is 0 Å². The van der Waals surface area contributed by atoms with Crippen molar-refractivity contribution in [2.24, 2.45) is 0 Å². The normalized spacial score (nSPS) is 10.9. The van der Waals surface area contributed by atoms with E-state index in [4.69, 9.17) is 5.73 Å². The van der Waals surface area contributed by atoms with Crippen LogP contribution < -0.4 is 15.8 Å². The molecule has 0 radical (unpaired) electrons. The van der Waals surface area contributed by atoms with Gasteiger partial charge in [0.1, 0.15) is 0 Å². The topological polar surface area (TPSA) is 101 Å². The minimum Gasteiger partial charge on any atom is -0.399 e. The van der Waals surface area contributed by atoms with Gasteiger partial charge in [-0.2, -0.15) is 0 Å². The van der Waals surface area contributed by atoms with Crippen LogP contribution in [0.1, 0.15) is 24.2 Å². The quantitative estimate of drug-likeness (QED) is 0.673. The Morgan fingerprint density at radius 3 is 2.55 bits per heavy atom. The van der Waals surface area contributed by atoms with Gasteiger partial charge < -0.3 is 11.1 Å². The number of benzene rings is 1. The Morgan fingerprint density at radius 2 is 2.00 bits per heavy atom. The van der Waals surface area contributed by atoms with Crippen LogP contribution in [-0.4, -0.2) is 32.7 Å². The molecule has 4 N–H and O–H groups in total. The van der Waals surface area contributed by atoms with Gasteiger partial charge in [0.05, 0.1) is 5.75 Å². The first-order valence-corrected chi connectivity index (χ1v) is 7.59. The van der Waals surface area contributed by atoms with Gasteiger partial charge in [-0.05, 0) is 32.0 Å². The van der Waals surface area contributed by atoms with Gasteiger partial charge in [0.2, 0.25) is 10.0 Å². The Labute approximate surface area is 125 Å². The molecule has 1 amide bonds. The first-order valence-electron chi connectivity index (χ1n) is 5.94. The lowest BCUT2D eigenvalue weighted by Crippen LogP contribution is -2.37. The second-order valence-electron chi connectivity index (χ2n) is 4.47. The summed E-state index contributed by atoms with van der Waals surface area (Å²) in [5.41, 5.74) is 6.46. The fraction of sp³-hybridized carbons (Fsp3) is 0.417. The van der Waals surface area contributed by atoms with E-state index in [2.05, 4.69) is 10.0 Å². The van der Waals surface area contributed by atoms with Gasteiger partial charge in [-0.25, -0.2) is 13.1 Å². The molecule has 0 bridgehead atoms. The Bertz CT molecular complexity index is 547. The molecule has 0 unspecified atom stereocenters. The molecule has 20 heavy (non-hydrogen) atoms. The zero-order chi connectivity index (χ0) is 14.5. The maximum atomic E-state index is 11.7. The Kier molecular flexibility index (Phi) is 7.55. The number of sulfonamides is 1. The second kappa shape index (κ2) is 8.08. The second-order valence-corrected chi connectivity index (χ2v) is 6.35. The molecule has 6 nitrogen and oxygen atoms in total. The smallest absolute Gasteiger partial charge is 0.251 e. The third-order valence-electron chi connectivity index (χ3n) is 2.22. The van der Waals surface area contributed by atoms with E-state index in [1.807, 2.05) is 0 Å². The van der Waals surface area contributed by atoms with Crippen LogP contribution in [0.15, 0.2) is 24.3 Å². The molecule has 0 saturated carbocycles. The molecule has 8 heteroatoms. The number of hydrogen-bond acceptors (Lipinski definition) is 4. The minimum atomic E-state index is -3.36. The number of amides is 1. The molecule has 114 valence electrons.